The minimum atomic E-state index is -4.05. The molecule has 182 valence electrons. The van der Waals surface area contributed by atoms with Gasteiger partial charge in [-0.15, -0.1) is 0 Å². The molecule has 4 aromatic carbocycles. The summed E-state index contributed by atoms with van der Waals surface area (Å²) in [5.41, 5.74) is 3.82. The molecule has 0 spiro atoms. The molecule has 0 unspecified atom stereocenters. The maximum Gasteiger partial charge on any atom is 0.264 e. The SMILES string of the molecule is Cc1ccc(S(=O)(=O)N(CC(=O)Nc2ccc3c(c2)oc2ccccc23)c2cc(Cl)ccc2C)cc1. The fourth-order valence-electron chi connectivity index (χ4n) is 4.12. The number of halogens is 1. The Morgan fingerprint density at radius 2 is 1.61 bits per heavy atom. The average molecular weight is 519 g/mol. The fraction of sp³-hybridized carbons (Fsp3) is 0.107. The molecular weight excluding hydrogens is 496 g/mol. The summed E-state index contributed by atoms with van der Waals surface area (Å²) < 4.78 is 34.3. The largest absolute Gasteiger partial charge is 0.456 e. The monoisotopic (exact) mass is 518 g/mol. The van der Waals surface area contributed by atoms with E-state index in [0.29, 0.717) is 27.5 Å². The van der Waals surface area contributed by atoms with Gasteiger partial charge in [0, 0.05) is 27.5 Å². The third kappa shape index (κ3) is 4.55. The number of aryl methyl sites for hydroxylation is 2. The highest BCUT2D eigenvalue weighted by Gasteiger charge is 2.28. The third-order valence-electron chi connectivity index (χ3n) is 6.00. The van der Waals surface area contributed by atoms with Crippen molar-refractivity contribution >= 4 is 60.8 Å². The molecule has 1 amide bonds. The maximum absolute atomic E-state index is 13.7. The number of rotatable bonds is 6. The number of nitrogens with one attached hydrogen (secondary N) is 1. The van der Waals surface area contributed by atoms with E-state index in [1.54, 1.807) is 49.4 Å². The number of carbonyl (C=O) groups excluding carboxylic acids is 1. The molecule has 0 aliphatic carbocycles. The van der Waals surface area contributed by atoms with E-state index in [1.165, 1.54) is 12.1 Å². The second kappa shape index (κ2) is 9.33. The molecule has 1 N–H and O–H groups in total. The molecule has 8 heteroatoms. The summed E-state index contributed by atoms with van der Waals surface area (Å²) in [7, 11) is -4.05. The molecule has 0 fully saturated rings. The number of para-hydroxylation sites is 1. The molecule has 5 rings (SSSR count). The minimum Gasteiger partial charge on any atom is -0.456 e. The van der Waals surface area contributed by atoms with Crippen LogP contribution in [-0.2, 0) is 14.8 Å². The summed E-state index contributed by atoms with van der Waals surface area (Å²) in [6.45, 7) is 3.22. The summed E-state index contributed by atoms with van der Waals surface area (Å²) in [6.07, 6.45) is 0. The first-order valence-corrected chi connectivity index (χ1v) is 13.1. The number of nitrogens with zero attached hydrogens (tertiary/aromatic N) is 1. The Labute approximate surface area is 214 Å². The molecule has 0 saturated heterocycles. The van der Waals surface area contributed by atoms with Crippen molar-refractivity contribution in [3.8, 4) is 0 Å². The number of benzene rings is 4. The molecule has 36 heavy (non-hydrogen) atoms. The zero-order valence-electron chi connectivity index (χ0n) is 19.7. The zero-order valence-corrected chi connectivity index (χ0v) is 21.2. The normalized spacial score (nSPS) is 11.6. The van der Waals surface area contributed by atoms with Crippen LogP contribution >= 0.6 is 11.6 Å². The van der Waals surface area contributed by atoms with E-state index in [9.17, 15) is 13.2 Å². The highest BCUT2D eigenvalue weighted by molar-refractivity contribution is 7.92. The van der Waals surface area contributed by atoms with Gasteiger partial charge in [-0.25, -0.2) is 8.42 Å². The first-order valence-electron chi connectivity index (χ1n) is 11.3. The van der Waals surface area contributed by atoms with Crippen LogP contribution in [0.2, 0.25) is 5.02 Å². The number of fused-ring (bicyclic) bond motifs is 3. The van der Waals surface area contributed by atoms with Crippen LogP contribution in [-0.4, -0.2) is 20.9 Å². The van der Waals surface area contributed by atoms with Crippen molar-refractivity contribution < 1.29 is 17.6 Å². The topological polar surface area (TPSA) is 79.6 Å². The van der Waals surface area contributed by atoms with Crippen LogP contribution in [0.5, 0.6) is 0 Å². The van der Waals surface area contributed by atoms with Crippen molar-refractivity contribution in [2.45, 2.75) is 18.7 Å². The van der Waals surface area contributed by atoms with Crippen LogP contribution in [0.1, 0.15) is 11.1 Å². The molecule has 0 bridgehead atoms. The number of carbonyl (C=O) groups is 1. The van der Waals surface area contributed by atoms with Crippen molar-refractivity contribution in [2.24, 2.45) is 0 Å². The van der Waals surface area contributed by atoms with E-state index in [0.717, 1.165) is 26.2 Å². The zero-order chi connectivity index (χ0) is 25.4. The standard InChI is InChI=1S/C28H23ClN2O4S/c1-18-7-12-22(13-8-18)36(33,34)31(25-15-20(29)10-9-19(25)2)17-28(32)30-21-11-14-24-23-5-3-4-6-26(23)35-27(24)16-21/h3-16H,17H2,1-2H3,(H,30,32). The molecule has 0 atom stereocenters. The predicted octanol–water partition coefficient (Wildman–Crippen LogP) is 6.69. The van der Waals surface area contributed by atoms with Gasteiger partial charge in [0.05, 0.1) is 10.6 Å². The van der Waals surface area contributed by atoms with Crippen LogP contribution in [0.3, 0.4) is 0 Å². The molecule has 1 aromatic heterocycles. The van der Waals surface area contributed by atoms with Crippen molar-refractivity contribution in [2.75, 3.05) is 16.2 Å². The number of sulfonamides is 1. The first kappa shape index (κ1) is 23.9. The predicted molar refractivity (Wildman–Crippen MR) is 144 cm³/mol. The van der Waals surface area contributed by atoms with Crippen molar-refractivity contribution in [3.63, 3.8) is 0 Å². The smallest absolute Gasteiger partial charge is 0.264 e. The Bertz CT molecular complexity index is 1710. The lowest BCUT2D eigenvalue weighted by Crippen LogP contribution is -2.38. The lowest BCUT2D eigenvalue weighted by molar-refractivity contribution is -0.114. The Kier molecular flexibility index (Phi) is 6.20. The Hall–Kier alpha value is -3.81. The van der Waals surface area contributed by atoms with E-state index >= 15 is 0 Å². The van der Waals surface area contributed by atoms with Gasteiger partial charge in [-0.1, -0.05) is 53.6 Å². The first-order chi connectivity index (χ1) is 17.2. The number of amides is 1. The van der Waals surface area contributed by atoms with Crippen LogP contribution in [0, 0.1) is 13.8 Å². The van der Waals surface area contributed by atoms with Gasteiger partial charge < -0.3 is 9.73 Å². The van der Waals surface area contributed by atoms with E-state index < -0.39 is 22.5 Å². The van der Waals surface area contributed by atoms with Gasteiger partial charge >= 0.3 is 0 Å². The molecular formula is C28H23ClN2O4S. The molecule has 0 aliphatic rings. The number of furan rings is 1. The average Bonchev–Trinajstić information content (AvgIpc) is 3.22. The van der Waals surface area contributed by atoms with Crippen LogP contribution in [0.25, 0.3) is 21.9 Å². The van der Waals surface area contributed by atoms with Crippen LogP contribution in [0.4, 0.5) is 11.4 Å². The van der Waals surface area contributed by atoms with E-state index in [2.05, 4.69) is 5.32 Å². The van der Waals surface area contributed by atoms with E-state index in [4.69, 9.17) is 16.0 Å². The Morgan fingerprint density at radius 3 is 2.39 bits per heavy atom. The third-order valence-corrected chi connectivity index (χ3v) is 8.01. The second-order valence-electron chi connectivity index (χ2n) is 8.61. The summed E-state index contributed by atoms with van der Waals surface area (Å²) in [4.78, 5) is 13.2. The molecule has 1 heterocycles. The summed E-state index contributed by atoms with van der Waals surface area (Å²) >= 11 is 6.20. The van der Waals surface area contributed by atoms with Crippen LogP contribution < -0.4 is 9.62 Å². The molecule has 0 radical (unpaired) electrons. The molecule has 6 nitrogen and oxygen atoms in total. The lowest BCUT2D eigenvalue weighted by Gasteiger charge is -2.26. The van der Waals surface area contributed by atoms with E-state index in [1.807, 2.05) is 37.3 Å². The molecule has 0 aliphatic heterocycles. The molecule has 0 saturated carbocycles. The quantitative estimate of drug-likeness (QED) is 0.271. The van der Waals surface area contributed by atoms with E-state index in [-0.39, 0.29) is 4.90 Å². The maximum atomic E-state index is 13.7. The summed E-state index contributed by atoms with van der Waals surface area (Å²) in [5.74, 6) is -0.500. The van der Waals surface area contributed by atoms with Crippen molar-refractivity contribution in [1.82, 2.24) is 0 Å². The number of hydrogen-bond acceptors (Lipinski definition) is 4. The lowest BCUT2D eigenvalue weighted by atomic mass is 10.1. The summed E-state index contributed by atoms with van der Waals surface area (Å²) in [5, 5.41) is 5.09. The summed E-state index contributed by atoms with van der Waals surface area (Å²) in [6, 6.07) is 24.5. The van der Waals surface area contributed by atoms with Gasteiger partial charge in [-0.3, -0.25) is 9.10 Å². The Balaban J connectivity index is 1.48. The van der Waals surface area contributed by atoms with Gasteiger partial charge in [0.2, 0.25) is 5.91 Å². The van der Waals surface area contributed by atoms with Gasteiger partial charge in [0.1, 0.15) is 17.7 Å². The fourth-order valence-corrected chi connectivity index (χ4v) is 5.77. The number of hydrogen-bond donors (Lipinski definition) is 1. The molecule has 5 aromatic rings. The second-order valence-corrected chi connectivity index (χ2v) is 10.9. The number of anilines is 2. The van der Waals surface area contributed by atoms with Gasteiger partial charge in [-0.05, 0) is 61.9 Å². The van der Waals surface area contributed by atoms with Crippen molar-refractivity contribution in [1.29, 1.82) is 0 Å². The Morgan fingerprint density at radius 1 is 0.889 bits per heavy atom. The van der Waals surface area contributed by atoms with Gasteiger partial charge in [0.25, 0.3) is 10.0 Å². The van der Waals surface area contributed by atoms with Crippen LogP contribution in [0.15, 0.2) is 94.2 Å². The van der Waals surface area contributed by atoms with Crippen molar-refractivity contribution in [3.05, 3.63) is 101 Å². The minimum absolute atomic E-state index is 0.0870. The highest BCUT2D eigenvalue weighted by atomic mass is 35.5. The van der Waals surface area contributed by atoms with Gasteiger partial charge in [-0.2, -0.15) is 0 Å². The van der Waals surface area contributed by atoms with Gasteiger partial charge in [0.15, 0.2) is 0 Å². The highest BCUT2D eigenvalue weighted by Crippen LogP contribution is 2.32.